The third-order valence-electron chi connectivity index (χ3n) is 6.12. The standard InChI is InChI=1S/C24H23N5O4/c30-21-7-6-20(27-24(32)18-9-25-15-26-10-18)23-17-8-16(12-29(21)23)11-28(13-17)22(31)14-33-19-4-2-1-3-5-19/h1-7,9-10,15-17H,8,11-14H2,(H,27,32). The Kier molecular flexibility index (Phi) is 5.60. The van der Waals surface area contributed by atoms with Gasteiger partial charge in [-0.25, -0.2) is 9.97 Å². The van der Waals surface area contributed by atoms with Crippen LogP contribution in [0.25, 0.3) is 0 Å². The van der Waals surface area contributed by atoms with E-state index >= 15 is 0 Å². The molecule has 33 heavy (non-hydrogen) atoms. The first-order valence-electron chi connectivity index (χ1n) is 10.8. The topological polar surface area (TPSA) is 106 Å². The van der Waals surface area contributed by atoms with Gasteiger partial charge >= 0.3 is 0 Å². The van der Waals surface area contributed by atoms with Crippen LogP contribution in [-0.4, -0.2) is 50.9 Å². The van der Waals surface area contributed by atoms with Crippen molar-refractivity contribution >= 4 is 17.5 Å². The van der Waals surface area contributed by atoms with Gasteiger partial charge in [0.05, 0.1) is 11.3 Å². The van der Waals surface area contributed by atoms with E-state index in [9.17, 15) is 14.4 Å². The van der Waals surface area contributed by atoms with Crippen molar-refractivity contribution in [3.8, 4) is 5.75 Å². The molecule has 0 radical (unpaired) electrons. The molecule has 1 N–H and O–H groups in total. The second kappa shape index (κ2) is 8.85. The van der Waals surface area contributed by atoms with Crippen LogP contribution >= 0.6 is 0 Å². The molecular formula is C24H23N5O4. The van der Waals surface area contributed by atoms with Gasteiger partial charge in [0.1, 0.15) is 12.1 Å². The van der Waals surface area contributed by atoms with E-state index in [4.69, 9.17) is 4.74 Å². The number of benzene rings is 1. The number of anilines is 1. The number of nitrogens with zero attached hydrogens (tertiary/aromatic N) is 4. The SMILES string of the molecule is O=C(Nc1ccc(=O)n2c1C1CC(CN(C(=O)COc3ccccc3)C1)C2)c1cncnc1. The maximum absolute atomic E-state index is 12.9. The lowest BCUT2D eigenvalue weighted by atomic mass is 9.82. The van der Waals surface area contributed by atoms with E-state index in [1.54, 1.807) is 15.5 Å². The zero-order valence-corrected chi connectivity index (χ0v) is 17.9. The number of likely N-dealkylation sites (tertiary alicyclic amines) is 1. The normalized spacial score (nSPS) is 18.8. The number of rotatable bonds is 5. The third-order valence-corrected chi connectivity index (χ3v) is 6.12. The van der Waals surface area contributed by atoms with Crippen molar-refractivity contribution in [3.05, 3.63) is 82.8 Å². The van der Waals surface area contributed by atoms with Crippen LogP contribution in [0.3, 0.4) is 0 Å². The number of aromatic nitrogens is 3. The molecular weight excluding hydrogens is 422 g/mol. The van der Waals surface area contributed by atoms with Gasteiger partial charge in [0, 0.05) is 49.7 Å². The maximum Gasteiger partial charge on any atom is 0.260 e. The molecule has 1 saturated heterocycles. The first kappa shape index (κ1) is 20.9. The zero-order chi connectivity index (χ0) is 22.8. The van der Waals surface area contributed by atoms with Gasteiger partial charge in [-0.15, -0.1) is 0 Å². The lowest BCUT2D eigenvalue weighted by Crippen LogP contribution is -2.50. The number of carbonyl (C=O) groups is 2. The summed E-state index contributed by atoms with van der Waals surface area (Å²) in [5.74, 6) is 0.318. The number of amides is 2. The number of hydrogen-bond acceptors (Lipinski definition) is 6. The Morgan fingerprint density at radius 1 is 1.03 bits per heavy atom. The summed E-state index contributed by atoms with van der Waals surface area (Å²) in [6.07, 6.45) is 5.08. The fourth-order valence-corrected chi connectivity index (χ4v) is 4.69. The van der Waals surface area contributed by atoms with Crippen LogP contribution in [0.1, 0.15) is 28.4 Å². The molecule has 4 heterocycles. The summed E-state index contributed by atoms with van der Waals surface area (Å²) in [7, 11) is 0. The number of pyridine rings is 1. The lowest BCUT2D eigenvalue weighted by molar-refractivity contribution is -0.136. The van der Waals surface area contributed by atoms with Gasteiger partial charge in [0.15, 0.2) is 6.61 Å². The highest BCUT2D eigenvalue weighted by molar-refractivity contribution is 6.04. The highest BCUT2D eigenvalue weighted by atomic mass is 16.5. The summed E-state index contributed by atoms with van der Waals surface area (Å²) in [6.45, 7) is 1.51. The van der Waals surface area contributed by atoms with Gasteiger partial charge < -0.3 is 19.5 Å². The molecule has 1 fully saturated rings. The summed E-state index contributed by atoms with van der Waals surface area (Å²) < 4.78 is 7.38. The Morgan fingerprint density at radius 3 is 2.61 bits per heavy atom. The summed E-state index contributed by atoms with van der Waals surface area (Å²) in [4.78, 5) is 47.8. The molecule has 0 aliphatic carbocycles. The van der Waals surface area contributed by atoms with E-state index < -0.39 is 0 Å². The van der Waals surface area contributed by atoms with Crippen molar-refractivity contribution in [3.63, 3.8) is 0 Å². The van der Waals surface area contributed by atoms with Crippen LogP contribution in [0.2, 0.25) is 0 Å². The van der Waals surface area contributed by atoms with E-state index in [1.807, 2.05) is 30.3 Å². The average molecular weight is 445 g/mol. The first-order valence-corrected chi connectivity index (χ1v) is 10.8. The molecule has 2 aliphatic rings. The summed E-state index contributed by atoms with van der Waals surface area (Å²) in [5.41, 5.74) is 1.55. The maximum atomic E-state index is 12.9. The predicted octanol–water partition coefficient (Wildman–Crippen LogP) is 1.92. The predicted molar refractivity (Wildman–Crippen MR) is 120 cm³/mol. The van der Waals surface area contributed by atoms with Gasteiger partial charge in [-0.1, -0.05) is 18.2 Å². The minimum atomic E-state index is -0.348. The number of hydrogen-bond donors (Lipinski definition) is 1. The zero-order valence-electron chi connectivity index (χ0n) is 17.9. The molecule has 2 atom stereocenters. The molecule has 9 nitrogen and oxygen atoms in total. The molecule has 0 spiro atoms. The number of piperidine rings is 1. The van der Waals surface area contributed by atoms with Gasteiger partial charge in [-0.05, 0) is 30.5 Å². The third kappa shape index (κ3) is 4.34. The fourth-order valence-electron chi connectivity index (χ4n) is 4.69. The van der Waals surface area contributed by atoms with Gasteiger partial charge in [0.2, 0.25) is 0 Å². The molecule has 2 bridgehead atoms. The van der Waals surface area contributed by atoms with E-state index in [0.717, 1.165) is 12.1 Å². The largest absolute Gasteiger partial charge is 0.484 e. The average Bonchev–Trinajstić information content (AvgIpc) is 2.85. The summed E-state index contributed by atoms with van der Waals surface area (Å²) in [6, 6.07) is 12.3. The number of ether oxygens (including phenoxy) is 1. The molecule has 2 aliphatic heterocycles. The van der Waals surface area contributed by atoms with Gasteiger partial charge in [-0.2, -0.15) is 0 Å². The minimum Gasteiger partial charge on any atom is -0.484 e. The van der Waals surface area contributed by atoms with Crippen LogP contribution < -0.4 is 15.6 Å². The van der Waals surface area contributed by atoms with E-state index in [2.05, 4.69) is 15.3 Å². The highest BCUT2D eigenvalue weighted by Crippen LogP contribution is 2.38. The molecule has 2 amide bonds. The van der Waals surface area contributed by atoms with E-state index in [1.165, 1.54) is 24.8 Å². The van der Waals surface area contributed by atoms with Crippen molar-refractivity contribution < 1.29 is 14.3 Å². The Hall–Kier alpha value is -4.01. The smallest absolute Gasteiger partial charge is 0.260 e. The van der Waals surface area contributed by atoms with Crippen LogP contribution in [0.5, 0.6) is 5.75 Å². The Balaban J connectivity index is 1.36. The molecule has 3 aromatic rings. The van der Waals surface area contributed by atoms with Crippen LogP contribution in [-0.2, 0) is 11.3 Å². The molecule has 2 aromatic heterocycles. The number of para-hydroxylation sites is 1. The Morgan fingerprint density at radius 2 is 1.82 bits per heavy atom. The lowest BCUT2D eigenvalue weighted by Gasteiger charge is -2.43. The first-order chi connectivity index (χ1) is 16.1. The second-order valence-corrected chi connectivity index (χ2v) is 8.36. The van der Waals surface area contributed by atoms with Crippen LogP contribution in [0, 0.1) is 5.92 Å². The van der Waals surface area contributed by atoms with E-state index in [-0.39, 0.29) is 35.8 Å². The van der Waals surface area contributed by atoms with Crippen molar-refractivity contribution in [2.45, 2.75) is 18.9 Å². The van der Waals surface area contributed by atoms with Gasteiger partial charge in [-0.3, -0.25) is 14.4 Å². The molecule has 2 unspecified atom stereocenters. The monoisotopic (exact) mass is 445 g/mol. The fraction of sp³-hybridized carbons (Fsp3) is 0.292. The summed E-state index contributed by atoms with van der Waals surface area (Å²) >= 11 is 0. The minimum absolute atomic E-state index is 0.0390. The van der Waals surface area contributed by atoms with Crippen LogP contribution in [0.15, 0.2) is 66.0 Å². The van der Waals surface area contributed by atoms with Crippen molar-refractivity contribution in [1.29, 1.82) is 0 Å². The quantitative estimate of drug-likeness (QED) is 0.643. The van der Waals surface area contributed by atoms with Crippen molar-refractivity contribution in [2.75, 3.05) is 25.0 Å². The second-order valence-electron chi connectivity index (χ2n) is 8.36. The number of fused-ring (bicyclic) bond motifs is 4. The van der Waals surface area contributed by atoms with E-state index in [0.29, 0.717) is 36.6 Å². The van der Waals surface area contributed by atoms with Crippen molar-refractivity contribution in [2.24, 2.45) is 5.92 Å². The van der Waals surface area contributed by atoms with Crippen LogP contribution in [0.4, 0.5) is 5.69 Å². The number of carbonyl (C=O) groups excluding carboxylic acids is 2. The Labute approximate surface area is 190 Å². The van der Waals surface area contributed by atoms with Gasteiger partial charge in [0.25, 0.3) is 17.4 Å². The number of nitrogens with one attached hydrogen (secondary N) is 1. The highest BCUT2D eigenvalue weighted by Gasteiger charge is 2.38. The summed E-state index contributed by atoms with van der Waals surface area (Å²) in [5, 5.41) is 2.90. The molecule has 5 rings (SSSR count). The molecule has 0 saturated carbocycles. The molecule has 1 aromatic carbocycles. The Bertz CT molecular complexity index is 1230. The van der Waals surface area contributed by atoms with Crippen molar-refractivity contribution in [1.82, 2.24) is 19.4 Å². The molecule has 9 heteroatoms. The molecule has 168 valence electrons.